The highest BCUT2D eigenvalue weighted by atomic mass is 28.3. The molecule has 14 heavy (non-hydrogen) atoms. The Morgan fingerprint density at radius 1 is 1.21 bits per heavy atom. The van der Waals surface area contributed by atoms with E-state index in [1.54, 1.807) is 6.07 Å². The van der Waals surface area contributed by atoms with Crippen molar-refractivity contribution in [2.24, 2.45) is 0 Å². The largest absolute Gasteiger partial charge is 0.231 e. The van der Waals surface area contributed by atoms with E-state index in [1.807, 2.05) is 12.1 Å². The van der Waals surface area contributed by atoms with E-state index in [9.17, 15) is 0 Å². The van der Waals surface area contributed by atoms with Crippen molar-refractivity contribution in [1.82, 2.24) is 4.98 Å². The molecule has 0 spiro atoms. The minimum atomic E-state index is -1.32. The van der Waals surface area contributed by atoms with Gasteiger partial charge in [-0.05, 0) is 12.1 Å². The van der Waals surface area contributed by atoms with Crippen molar-refractivity contribution in [3.63, 3.8) is 0 Å². The van der Waals surface area contributed by atoms with E-state index in [1.165, 1.54) is 0 Å². The molecule has 1 rings (SSSR count). The van der Waals surface area contributed by atoms with Crippen LogP contribution in [0.4, 0.5) is 0 Å². The number of pyridine rings is 1. The van der Waals surface area contributed by atoms with E-state index in [4.69, 9.17) is 6.42 Å². The van der Waals surface area contributed by atoms with Crippen LogP contribution in [0.2, 0.25) is 19.6 Å². The molecule has 1 aromatic heterocycles. The van der Waals surface area contributed by atoms with Gasteiger partial charge in [0.15, 0.2) is 0 Å². The second-order valence-corrected chi connectivity index (χ2v) is 8.80. The number of nitrogens with zero attached hydrogens (tertiary/aromatic N) is 1. The molecule has 0 atom stereocenters. The maximum absolute atomic E-state index is 5.25. The van der Waals surface area contributed by atoms with Gasteiger partial charge in [0.25, 0.3) is 0 Å². The van der Waals surface area contributed by atoms with Crippen molar-refractivity contribution < 1.29 is 0 Å². The molecule has 0 amide bonds. The average Bonchev–Trinajstić information content (AvgIpc) is 2.14. The molecule has 0 aliphatic heterocycles. The van der Waals surface area contributed by atoms with Crippen LogP contribution in [0.1, 0.15) is 11.4 Å². The molecule has 0 aliphatic carbocycles. The summed E-state index contributed by atoms with van der Waals surface area (Å²) in [5.74, 6) is 5.56. The first-order valence-corrected chi connectivity index (χ1v) is 7.98. The van der Waals surface area contributed by atoms with Gasteiger partial charge < -0.3 is 0 Å². The Kier molecular flexibility index (Phi) is 3.12. The van der Waals surface area contributed by atoms with Crippen molar-refractivity contribution in [2.45, 2.75) is 19.6 Å². The van der Waals surface area contributed by atoms with Crippen LogP contribution in [0, 0.1) is 23.8 Å². The minimum Gasteiger partial charge on any atom is -0.231 e. The van der Waals surface area contributed by atoms with Crippen molar-refractivity contribution >= 4 is 8.07 Å². The van der Waals surface area contributed by atoms with Gasteiger partial charge in [-0.3, -0.25) is 0 Å². The summed E-state index contributed by atoms with van der Waals surface area (Å²) in [7, 11) is -1.32. The number of terminal acetylenes is 1. The van der Waals surface area contributed by atoms with Crippen molar-refractivity contribution in [3.8, 4) is 23.8 Å². The summed E-state index contributed by atoms with van der Waals surface area (Å²) < 4.78 is 0. The highest BCUT2D eigenvalue weighted by Gasteiger charge is 2.07. The van der Waals surface area contributed by atoms with Crippen LogP contribution in [-0.4, -0.2) is 13.1 Å². The number of hydrogen-bond donors (Lipinski definition) is 0. The van der Waals surface area contributed by atoms with Gasteiger partial charge in [0.2, 0.25) is 0 Å². The van der Waals surface area contributed by atoms with Gasteiger partial charge in [-0.15, -0.1) is 12.0 Å². The molecule has 0 radical (unpaired) electrons. The molecular weight excluding hydrogens is 186 g/mol. The Bertz CT molecular complexity index is 424. The van der Waals surface area contributed by atoms with E-state index in [-0.39, 0.29) is 0 Å². The van der Waals surface area contributed by atoms with Gasteiger partial charge in [0.1, 0.15) is 19.5 Å². The maximum Gasteiger partial charge on any atom is 0.129 e. The van der Waals surface area contributed by atoms with E-state index in [2.05, 4.69) is 42.0 Å². The molecule has 0 aromatic carbocycles. The quantitative estimate of drug-likeness (QED) is 0.461. The van der Waals surface area contributed by atoms with Crippen molar-refractivity contribution in [3.05, 3.63) is 29.6 Å². The van der Waals surface area contributed by atoms with E-state index < -0.39 is 8.07 Å². The SMILES string of the molecule is C#Cc1cccc(C#C[Si](C)(C)C)n1. The zero-order valence-corrected chi connectivity index (χ0v) is 9.76. The Hall–Kier alpha value is -1.51. The lowest BCUT2D eigenvalue weighted by Gasteiger charge is -2.02. The fraction of sp³-hybridized carbons (Fsp3) is 0.250. The summed E-state index contributed by atoms with van der Waals surface area (Å²) >= 11 is 0. The van der Waals surface area contributed by atoms with Gasteiger partial charge in [0, 0.05) is 0 Å². The molecule has 70 valence electrons. The van der Waals surface area contributed by atoms with E-state index in [0.29, 0.717) is 5.69 Å². The third-order valence-corrected chi connectivity index (χ3v) is 2.34. The average molecular weight is 199 g/mol. The molecule has 1 aromatic rings. The summed E-state index contributed by atoms with van der Waals surface area (Å²) in [5.41, 5.74) is 4.66. The summed E-state index contributed by atoms with van der Waals surface area (Å²) in [6.45, 7) is 6.60. The maximum atomic E-state index is 5.25. The molecule has 0 bridgehead atoms. The number of aromatic nitrogens is 1. The Balaban J connectivity index is 2.98. The third kappa shape index (κ3) is 3.47. The lowest BCUT2D eigenvalue weighted by molar-refractivity contribution is 1.25. The molecule has 1 heterocycles. The van der Waals surface area contributed by atoms with Crippen LogP contribution in [0.3, 0.4) is 0 Å². The molecule has 0 saturated heterocycles. The predicted molar refractivity (Wildman–Crippen MR) is 62.4 cm³/mol. The highest BCUT2D eigenvalue weighted by molar-refractivity contribution is 6.83. The lowest BCUT2D eigenvalue weighted by atomic mass is 10.3. The predicted octanol–water partition coefficient (Wildman–Crippen LogP) is 2.29. The van der Waals surface area contributed by atoms with Crippen LogP contribution in [-0.2, 0) is 0 Å². The topological polar surface area (TPSA) is 12.9 Å². The first kappa shape index (κ1) is 10.6. The number of hydrogen-bond acceptors (Lipinski definition) is 1. The van der Waals surface area contributed by atoms with Crippen LogP contribution in [0.15, 0.2) is 18.2 Å². The summed E-state index contributed by atoms with van der Waals surface area (Å²) in [6.07, 6.45) is 5.25. The summed E-state index contributed by atoms with van der Waals surface area (Å²) in [4.78, 5) is 4.21. The Labute approximate surface area is 86.6 Å². The molecule has 0 N–H and O–H groups in total. The first-order chi connectivity index (χ1) is 6.51. The third-order valence-electron chi connectivity index (χ3n) is 1.46. The van der Waals surface area contributed by atoms with E-state index in [0.717, 1.165) is 5.69 Å². The number of rotatable bonds is 0. The molecule has 1 nitrogen and oxygen atoms in total. The molecule has 0 saturated carbocycles. The summed E-state index contributed by atoms with van der Waals surface area (Å²) in [5, 5.41) is 0. The van der Waals surface area contributed by atoms with E-state index >= 15 is 0 Å². The zero-order chi connectivity index (χ0) is 10.6. The highest BCUT2D eigenvalue weighted by Crippen LogP contribution is 2.00. The monoisotopic (exact) mass is 199 g/mol. The van der Waals surface area contributed by atoms with Gasteiger partial charge in [-0.25, -0.2) is 4.98 Å². The zero-order valence-electron chi connectivity index (χ0n) is 8.76. The fourth-order valence-corrected chi connectivity index (χ4v) is 1.34. The lowest BCUT2D eigenvalue weighted by Crippen LogP contribution is -2.16. The van der Waals surface area contributed by atoms with Crippen molar-refractivity contribution in [2.75, 3.05) is 0 Å². The second-order valence-electron chi connectivity index (χ2n) is 4.05. The summed E-state index contributed by atoms with van der Waals surface area (Å²) in [6, 6.07) is 5.57. The minimum absolute atomic E-state index is 0.646. The first-order valence-electron chi connectivity index (χ1n) is 4.48. The standard InChI is InChI=1S/C12H13NSi/c1-5-11-7-6-8-12(13-11)9-10-14(2,3)4/h1,6-8H,2-4H3. The molecule has 2 heteroatoms. The van der Waals surface area contributed by atoms with Gasteiger partial charge >= 0.3 is 0 Å². The molecule has 0 unspecified atom stereocenters. The Morgan fingerprint density at radius 2 is 1.86 bits per heavy atom. The van der Waals surface area contributed by atoms with Gasteiger partial charge in [-0.2, -0.15) is 0 Å². The molecule has 0 aliphatic rings. The van der Waals surface area contributed by atoms with Crippen LogP contribution in [0.5, 0.6) is 0 Å². The van der Waals surface area contributed by atoms with Gasteiger partial charge in [-0.1, -0.05) is 37.5 Å². The Morgan fingerprint density at radius 3 is 2.43 bits per heavy atom. The smallest absolute Gasteiger partial charge is 0.129 e. The second kappa shape index (κ2) is 4.13. The van der Waals surface area contributed by atoms with Crippen LogP contribution >= 0.6 is 0 Å². The molecule has 0 fully saturated rings. The molecular formula is C12H13NSi. The van der Waals surface area contributed by atoms with Gasteiger partial charge in [0.05, 0.1) is 0 Å². The van der Waals surface area contributed by atoms with Crippen LogP contribution in [0.25, 0.3) is 0 Å². The van der Waals surface area contributed by atoms with Crippen molar-refractivity contribution in [1.29, 1.82) is 0 Å². The normalized spacial score (nSPS) is 9.86. The fourth-order valence-electron chi connectivity index (χ4n) is 0.836. The van der Waals surface area contributed by atoms with Crippen LogP contribution < -0.4 is 0 Å².